The third-order valence-corrected chi connectivity index (χ3v) is 3.51. The average Bonchev–Trinajstić information content (AvgIpc) is 2.90. The standard InChI is InChI=1S/C13H16N2O2S/c1-16-10-3-9(4-11(5-10)17-2)13(14)6-12-7-15-8-18-12/h3-5,7-8,13H,6,14H2,1-2H3. The quantitative estimate of drug-likeness (QED) is 0.901. The second kappa shape index (κ2) is 5.84. The minimum atomic E-state index is -0.0885. The summed E-state index contributed by atoms with van der Waals surface area (Å²) < 4.78 is 10.5. The molecule has 1 aromatic heterocycles. The van der Waals surface area contributed by atoms with Crippen molar-refractivity contribution in [1.82, 2.24) is 4.98 Å². The van der Waals surface area contributed by atoms with Crippen molar-refractivity contribution in [1.29, 1.82) is 0 Å². The van der Waals surface area contributed by atoms with Crippen LogP contribution in [-0.2, 0) is 6.42 Å². The molecule has 0 spiro atoms. The van der Waals surface area contributed by atoms with Crippen LogP contribution in [0, 0.1) is 0 Å². The fourth-order valence-electron chi connectivity index (χ4n) is 1.72. The Morgan fingerprint density at radius 2 is 1.89 bits per heavy atom. The first-order valence-electron chi connectivity index (χ1n) is 5.59. The van der Waals surface area contributed by atoms with Crippen LogP contribution >= 0.6 is 11.3 Å². The number of rotatable bonds is 5. The van der Waals surface area contributed by atoms with Gasteiger partial charge in [-0.15, -0.1) is 11.3 Å². The Hall–Kier alpha value is -1.59. The van der Waals surface area contributed by atoms with E-state index in [-0.39, 0.29) is 6.04 Å². The van der Waals surface area contributed by atoms with Crippen molar-refractivity contribution in [2.75, 3.05) is 14.2 Å². The molecule has 2 N–H and O–H groups in total. The van der Waals surface area contributed by atoms with Crippen LogP contribution in [0.1, 0.15) is 16.5 Å². The molecule has 0 amide bonds. The van der Waals surface area contributed by atoms with Crippen LogP contribution in [0.25, 0.3) is 0 Å². The van der Waals surface area contributed by atoms with Crippen molar-refractivity contribution in [3.05, 3.63) is 40.3 Å². The first kappa shape index (κ1) is 12.9. The number of hydrogen-bond acceptors (Lipinski definition) is 5. The molecule has 2 rings (SSSR count). The highest BCUT2D eigenvalue weighted by atomic mass is 32.1. The highest BCUT2D eigenvalue weighted by molar-refractivity contribution is 7.09. The van der Waals surface area contributed by atoms with Crippen molar-refractivity contribution in [2.45, 2.75) is 12.5 Å². The molecular formula is C13H16N2O2S. The molecule has 1 aromatic carbocycles. The fourth-order valence-corrected chi connectivity index (χ4v) is 2.38. The van der Waals surface area contributed by atoms with Crippen LogP contribution < -0.4 is 15.2 Å². The number of nitrogens with zero attached hydrogens (tertiary/aromatic N) is 1. The van der Waals surface area contributed by atoms with E-state index in [2.05, 4.69) is 4.98 Å². The van der Waals surface area contributed by atoms with Gasteiger partial charge in [0.05, 0.1) is 19.7 Å². The summed E-state index contributed by atoms with van der Waals surface area (Å²) in [6.07, 6.45) is 2.61. The van der Waals surface area contributed by atoms with Gasteiger partial charge in [0.2, 0.25) is 0 Å². The summed E-state index contributed by atoms with van der Waals surface area (Å²) in [5.41, 5.74) is 9.01. The summed E-state index contributed by atoms with van der Waals surface area (Å²) in [5.74, 6) is 1.51. The van der Waals surface area contributed by atoms with Gasteiger partial charge in [0.1, 0.15) is 11.5 Å². The molecule has 0 aliphatic rings. The van der Waals surface area contributed by atoms with E-state index in [1.165, 1.54) is 4.88 Å². The fraction of sp³-hybridized carbons (Fsp3) is 0.308. The lowest BCUT2D eigenvalue weighted by molar-refractivity contribution is 0.392. The minimum Gasteiger partial charge on any atom is -0.497 e. The molecular weight excluding hydrogens is 248 g/mol. The molecule has 2 aromatic rings. The Bertz CT molecular complexity index is 477. The first-order chi connectivity index (χ1) is 8.72. The summed E-state index contributed by atoms with van der Waals surface area (Å²) in [6.45, 7) is 0. The van der Waals surface area contributed by atoms with E-state index >= 15 is 0 Å². The third-order valence-electron chi connectivity index (χ3n) is 2.71. The molecule has 1 atom stereocenters. The van der Waals surface area contributed by atoms with Crippen LogP contribution in [0.4, 0.5) is 0 Å². The summed E-state index contributed by atoms with van der Waals surface area (Å²) in [7, 11) is 3.26. The summed E-state index contributed by atoms with van der Waals surface area (Å²) in [4.78, 5) is 5.22. The molecule has 0 fully saturated rings. The number of aromatic nitrogens is 1. The molecule has 1 unspecified atom stereocenters. The van der Waals surface area contributed by atoms with Gasteiger partial charge in [-0.25, -0.2) is 0 Å². The van der Waals surface area contributed by atoms with E-state index in [4.69, 9.17) is 15.2 Å². The molecule has 4 nitrogen and oxygen atoms in total. The average molecular weight is 264 g/mol. The van der Waals surface area contributed by atoms with Crippen LogP contribution in [0.15, 0.2) is 29.9 Å². The van der Waals surface area contributed by atoms with Crippen molar-refractivity contribution >= 4 is 11.3 Å². The number of ether oxygens (including phenoxy) is 2. The maximum atomic E-state index is 6.20. The number of nitrogens with two attached hydrogens (primary N) is 1. The van der Waals surface area contributed by atoms with E-state index in [9.17, 15) is 0 Å². The zero-order valence-corrected chi connectivity index (χ0v) is 11.2. The Morgan fingerprint density at radius 1 is 1.22 bits per heavy atom. The molecule has 96 valence electrons. The zero-order valence-electron chi connectivity index (χ0n) is 10.4. The van der Waals surface area contributed by atoms with Gasteiger partial charge in [-0.1, -0.05) is 0 Å². The Labute approximate surface area is 110 Å². The van der Waals surface area contributed by atoms with Gasteiger partial charge < -0.3 is 15.2 Å². The molecule has 0 bridgehead atoms. The second-order valence-electron chi connectivity index (χ2n) is 3.92. The molecule has 0 saturated carbocycles. The molecule has 0 aliphatic heterocycles. The number of methoxy groups -OCH3 is 2. The maximum absolute atomic E-state index is 6.20. The Kier molecular flexibility index (Phi) is 4.17. The van der Waals surface area contributed by atoms with Gasteiger partial charge >= 0.3 is 0 Å². The Balaban J connectivity index is 2.20. The van der Waals surface area contributed by atoms with Gasteiger partial charge in [0.15, 0.2) is 0 Å². The van der Waals surface area contributed by atoms with Crippen molar-refractivity contribution in [3.8, 4) is 11.5 Å². The monoisotopic (exact) mass is 264 g/mol. The predicted octanol–water partition coefficient (Wildman–Crippen LogP) is 2.40. The molecule has 0 radical (unpaired) electrons. The topological polar surface area (TPSA) is 57.4 Å². The van der Waals surface area contributed by atoms with E-state index in [1.807, 2.05) is 29.9 Å². The first-order valence-corrected chi connectivity index (χ1v) is 6.47. The highest BCUT2D eigenvalue weighted by Crippen LogP contribution is 2.27. The lowest BCUT2D eigenvalue weighted by Crippen LogP contribution is -2.13. The maximum Gasteiger partial charge on any atom is 0.122 e. The number of thiazole rings is 1. The molecule has 18 heavy (non-hydrogen) atoms. The van der Waals surface area contributed by atoms with Crippen LogP contribution in [0.5, 0.6) is 11.5 Å². The summed E-state index contributed by atoms with van der Waals surface area (Å²) in [6, 6.07) is 5.63. The van der Waals surface area contributed by atoms with E-state index in [1.54, 1.807) is 25.6 Å². The lowest BCUT2D eigenvalue weighted by atomic mass is 10.0. The van der Waals surface area contributed by atoms with E-state index in [0.717, 1.165) is 23.5 Å². The summed E-state index contributed by atoms with van der Waals surface area (Å²) in [5, 5.41) is 0. The van der Waals surface area contributed by atoms with Gasteiger partial charge in [0, 0.05) is 29.6 Å². The lowest BCUT2D eigenvalue weighted by Gasteiger charge is -2.14. The van der Waals surface area contributed by atoms with Crippen molar-refractivity contribution in [3.63, 3.8) is 0 Å². The van der Waals surface area contributed by atoms with Crippen LogP contribution in [-0.4, -0.2) is 19.2 Å². The normalized spacial score (nSPS) is 12.2. The van der Waals surface area contributed by atoms with Crippen molar-refractivity contribution in [2.24, 2.45) is 5.73 Å². The van der Waals surface area contributed by atoms with Crippen LogP contribution in [0.3, 0.4) is 0 Å². The molecule has 1 heterocycles. The van der Waals surface area contributed by atoms with Gasteiger partial charge in [-0.3, -0.25) is 4.98 Å². The SMILES string of the molecule is COc1cc(OC)cc(C(N)Cc2cncs2)c1. The molecule has 0 saturated heterocycles. The largest absolute Gasteiger partial charge is 0.497 e. The van der Waals surface area contributed by atoms with E-state index < -0.39 is 0 Å². The Morgan fingerprint density at radius 3 is 2.39 bits per heavy atom. The number of benzene rings is 1. The zero-order chi connectivity index (χ0) is 13.0. The van der Waals surface area contributed by atoms with Gasteiger partial charge in [-0.2, -0.15) is 0 Å². The highest BCUT2D eigenvalue weighted by Gasteiger charge is 2.11. The van der Waals surface area contributed by atoms with Crippen molar-refractivity contribution < 1.29 is 9.47 Å². The van der Waals surface area contributed by atoms with Crippen LogP contribution in [0.2, 0.25) is 0 Å². The smallest absolute Gasteiger partial charge is 0.122 e. The molecule has 5 heteroatoms. The summed E-state index contributed by atoms with van der Waals surface area (Å²) >= 11 is 1.61. The third kappa shape index (κ3) is 3.00. The minimum absolute atomic E-state index is 0.0885. The predicted molar refractivity (Wildman–Crippen MR) is 72.3 cm³/mol. The molecule has 0 aliphatic carbocycles. The van der Waals surface area contributed by atoms with Gasteiger partial charge in [-0.05, 0) is 17.7 Å². The number of hydrogen-bond donors (Lipinski definition) is 1. The van der Waals surface area contributed by atoms with Gasteiger partial charge in [0.25, 0.3) is 0 Å². The second-order valence-corrected chi connectivity index (χ2v) is 4.90. The van der Waals surface area contributed by atoms with E-state index in [0.29, 0.717) is 0 Å².